The molecule has 3 N–H and O–H groups in total. The van der Waals surface area contributed by atoms with Gasteiger partial charge >= 0.3 is 6.09 Å². The summed E-state index contributed by atoms with van der Waals surface area (Å²) >= 11 is 0. The number of pyridine rings is 1. The van der Waals surface area contributed by atoms with Gasteiger partial charge in [0, 0.05) is 12.4 Å². The molecule has 1 amide bonds. The number of hydrogen-bond acceptors (Lipinski definition) is 3. The number of nitrogens with zero attached hydrogens (tertiary/aromatic N) is 1. The lowest BCUT2D eigenvalue weighted by atomic mass is 10.3. The van der Waals surface area contributed by atoms with E-state index in [2.05, 4.69) is 14.7 Å². The predicted octanol–water partition coefficient (Wildman–Crippen LogP) is 1.16. The minimum absolute atomic E-state index is 0.166. The summed E-state index contributed by atoms with van der Waals surface area (Å²) in [6, 6.07) is 0. The SMILES string of the molecule is NC(=O)Oc1c[nH]c2c(F)cncc12. The Labute approximate surface area is 77.7 Å². The number of H-pyrrole nitrogens is 1. The van der Waals surface area contributed by atoms with Crippen molar-refractivity contribution in [2.75, 3.05) is 0 Å². The molecule has 0 unspecified atom stereocenters. The molecule has 0 aromatic carbocycles. The van der Waals surface area contributed by atoms with Crippen molar-refractivity contribution in [3.63, 3.8) is 0 Å². The van der Waals surface area contributed by atoms with E-state index in [0.29, 0.717) is 5.39 Å². The number of rotatable bonds is 1. The van der Waals surface area contributed by atoms with Gasteiger partial charge in [0.25, 0.3) is 0 Å². The number of carbonyl (C=O) groups is 1. The lowest BCUT2D eigenvalue weighted by Gasteiger charge is -1.96. The minimum Gasteiger partial charge on any atom is -0.408 e. The van der Waals surface area contributed by atoms with E-state index in [-0.39, 0.29) is 11.3 Å². The molecule has 0 radical (unpaired) electrons. The number of nitrogens with two attached hydrogens (primary N) is 1. The number of primary amides is 1. The Morgan fingerprint density at radius 2 is 2.36 bits per heavy atom. The molecule has 5 nitrogen and oxygen atoms in total. The van der Waals surface area contributed by atoms with Gasteiger partial charge in [0.1, 0.15) is 0 Å². The van der Waals surface area contributed by atoms with Gasteiger partial charge in [-0.15, -0.1) is 0 Å². The Hall–Kier alpha value is -2.11. The largest absolute Gasteiger partial charge is 0.410 e. The smallest absolute Gasteiger partial charge is 0.408 e. The molecule has 0 fully saturated rings. The molecule has 0 saturated heterocycles. The first-order valence-corrected chi connectivity index (χ1v) is 3.76. The van der Waals surface area contributed by atoms with Crippen molar-refractivity contribution < 1.29 is 13.9 Å². The summed E-state index contributed by atoms with van der Waals surface area (Å²) in [6.45, 7) is 0. The van der Waals surface area contributed by atoms with E-state index in [1.54, 1.807) is 0 Å². The molecule has 2 rings (SSSR count). The molecular formula is C8H6FN3O2. The van der Waals surface area contributed by atoms with Gasteiger partial charge in [0.15, 0.2) is 11.6 Å². The highest BCUT2D eigenvalue weighted by Gasteiger charge is 2.10. The predicted molar refractivity (Wildman–Crippen MR) is 46.3 cm³/mol. The normalized spacial score (nSPS) is 10.4. The summed E-state index contributed by atoms with van der Waals surface area (Å²) in [4.78, 5) is 16.7. The van der Waals surface area contributed by atoms with E-state index in [1.165, 1.54) is 12.4 Å². The highest BCUT2D eigenvalue weighted by molar-refractivity contribution is 5.87. The summed E-state index contributed by atoms with van der Waals surface area (Å²) in [6.07, 6.45) is 2.84. The van der Waals surface area contributed by atoms with Gasteiger partial charge in [-0.25, -0.2) is 9.18 Å². The summed E-state index contributed by atoms with van der Waals surface area (Å²) in [7, 11) is 0. The second-order valence-corrected chi connectivity index (χ2v) is 2.62. The fourth-order valence-electron chi connectivity index (χ4n) is 1.18. The average molecular weight is 195 g/mol. The van der Waals surface area contributed by atoms with Crippen LogP contribution in [0.25, 0.3) is 10.9 Å². The summed E-state index contributed by atoms with van der Waals surface area (Å²) < 4.78 is 17.7. The number of ether oxygens (including phenoxy) is 1. The van der Waals surface area contributed by atoms with Gasteiger partial charge in [-0.3, -0.25) is 4.98 Å². The Balaban J connectivity index is 2.58. The van der Waals surface area contributed by atoms with Crippen LogP contribution in [0.15, 0.2) is 18.6 Å². The van der Waals surface area contributed by atoms with Gasteiger partial charge in [0.05, 0.1) is 17.1 Å². The standard InChI is InChI=1S/C8H6FN3O2/c9-5-2-11-1-4-6(14-8(10)13)3-12-7(4)5/h1-3,12H,(H2,10,13). The summed E-state index contributed by atoms with van der Waals surface area (Å²) in [5.41, 5.74) is 5.06. The molecule has 2 heterocycles. The molecule has 72 valence electrons. The quantitative estimate of drug-likeness (QED) is 0.716. The zero-order chi connectivity index (χ0) is 10.1. The fraction of sp³-hybridized carbons (Fsp3) is 0. The lowest BCUT2D eigenvalue weighted by Crippen LogP contribution is -2.15. The van der Waals surface area contributed by atoms with Crippen molar-refractivity contribution in [2.45, 2.75) is 0 Å². The monoisotopic (exact) mass is 195 g/mol. The first-order valence-electron chi connectivity index (χ1n) is 3.76. The van der Waals surface area contributed by atoms with Crippen LogP contribution in [0.2, 0.25) is 0 Å². The maximum absolute atomic E-state index is 13.1. The second kappa shape index (κ2) is 2.99. The molecule has 0 aliphatic rings. The number of aromatic nitrogens is 2. The Kier molecular flexibility index (Phi) is 1.81. The number of nitrogens with one attached hydrogen (secondary N) is 1. The Bertz CT molecular complexity index is 494. The van der Waals surface area contributed by atoms with E-state index >= 15 is 0 Å². The number of aromatic amines is 1. The molecule has 0 bridgehead atoms. The van der Waals surface area contributed by atoms with Crippen LogP contribution in [0, 0.1) is 5.82 Å². The van der Waals surface area contributed by atoms with Crippen LogP contribution < -0.4 is 10.5 Å². The second-order valence-electron chi connectivity index (χ2n) is 2.62. The van der Waals surface area contributed by atoms with Gasteiger partial charge in [-0.2, -0.15) is 0 Å². The number of halogens is 1. The third-order valence-corrected chi connectivity index (χ3v) is 1.72. The molecular weight excluding hydrogens is 189 g/mol. The van der Waals surface area contributed by atoms with E-state index < -0.39 is 11.9 Å². The molecule has 0 saturated carbocycles. The van der Waals surface area contributed by atoms with Crippen LogP contribution in [0.5, 0.6) is 5.75 Å². The van der Waals surface area contributed by atoms with Crippen LogP contribution in [-0.2, 0) is 0 Å². The molecule has 0 aliphatic heterocycles. The maximum atomic E-state index is 13.1. The van der Waals surface area contributed by atoms with Crippen LogP contribution in [-0.4, -0.2) is 16.1 Å². The van der Waals surface area contributed by atoms with Crippen molar-refractivity contribution in [1.29, 1.82) is 0 Å². The maximum Gasteiger partial charge on any atom is 0.410 e. The van der Waals surface area contributed by atoms with E-state index in [9.17, 15) is 9.18 Å². The van der Waals surface area contributed by atoms with Crippen molar-refractivity contribution >= 4 is 17.0 Å². The number of amides is 1. The van der Waals surface area contributed by atoms with E-state index in [1.807, 2.05) is 0 Å². The summed E-state index contributed by atoms with van der Waals surface area (Å²) in [5, 5.41) is 0.379. The van der Waals surface area contributed by atoms with E-state index in [0.717, 1.165) is 6.20 Å². The van der Waals surface area contributed by atoms with Gasteiger partial charge in [-0.1, -0.05) is 0 Å². The van der Waals surface area contributed by atoms with E-state index in [4.69, 9.17) is 5.73 Å². The molecule has 6 heteroatoms. The van der Waals surface area contributed by atoms with Crippen molar-refractivity contribution in [3.8, 4) is 5.75 Å². The first kappa shape index (κ1) is 8.49. The van der Waals surface area contributed by atoms with Gasteiger partial charge in [0.2, 0.25) is 0 Å². The number of hydrogen-bond donors (Lipinski definition) is 2. The topological polar surface area (TPSA) is 81.0 Å². The molecule has 14 heavy (non-hydrogen) atoms. The molecule has 2 aromatic heterocycles. The van der Waals surface area contributed by atoms with Crippen molar-refractivity contribution in [2.24, 2.45) is 5.73 Å². The van der Waals surface area contributed by atoms with Gasteiger partial charge in [-0.05, 0) is 0 Å². The zero-order valence-corrected chi connectivity index (χ0v) is 6.95. The molecule has 0 spiro atoms. The third-order valence-electron chi connectivity index (χ3n) is 1.72. The van der Waals surface area contributed by atoms with Crippen LogP contribution in [0.4, 0.5) is 9.18 Å². The molecule has 0 atom stereocenters. The van der Waals surface area contributed by atoms with Crippen molar-refractivity contribution in [1.82, 2.24) is 9.97 Å². The number of carbonyl (C=O) groups excluding carboxylic acids is 1. The van der Waals surface area contributed by atoms with Crippen LogP contribution >= 0.6 is 0 Å². The van der Waals surface area contributed by atoms with Crippen LogP contribution in [0.3, 0.4) is 0 Å². The number of fused-ring (bicyclic) bond motifs is 1. The Morgan fingerprint density at radius 3 is 3.07 bits per heavy atom. The van der Waals surface area contributed by atoms with Crippen LogP contribution in [0.1, 0.15) is 0 Å². The lowest BCUT2D eigenvalue weighted by molar-refractivity contribution is 0.211. The highest BCUT2D eigenvalue weighted by atomic mass is 19.1. The molecule has 0 aliphatic carbocycles. The highest BCUT2D eigenvalue weighted by Crippen LogP contribution is 2.25. The van der Waals surface area contributed by atoms with Gasteiger partial charge < -0.3 is 15.5 Å². The first-order chi connectivity index (χ1) is 6.68. The fourth-order valence-corrected chi connectivity index (χ4v) is 1.18. The third kappa shape index (κ3) is 1.26. The average Bonchev–Trinajstić information content (AvgIpc) is 2.49. The Morgan fingerprint density at radius 1 is 1.57 bits per heavy atom. The summed E-state index contributed by atoms with van der Waals surface area (Å²) in [5.74, 6) is -0.346. The zero-order valence-electron chi connectivity index (χ0n) is 6.95. The molecule has 2 aromatic rings. The van der Waals surface area contributed by atoms with Crippen molar-refractivity contribution in [3.05, 3.63) is 24.4 Å². The minimum atomic E-state index is -0.949.